The molecule has 0 aliphatic heterocycles. The van der Waals surface area contributed by atoms with Crippen molar-refractivity contribution in [3.8, 4) is 0 Å². The summed E-state index contributed by atoms with van der Waals surface area (Å²) in [5, 5.41) is 0.967. The number of hydrogen-bond donors (Lipinski definition) is 0. The summed E-state index contributed by atoms with van der Waals surface area (Å²) in [5.41, 5.74) is 0.754. The van der Waals surface area contributed by atoms with Gasteiger partial charge in [0.1, 0.15) is 0 Å². The van der Waals surface area contributed by atoms with Crippen LogP contribution in [0.4, 0.5) is 0 Å². The van der Waals surface area contributed by atoms with Crippen LogP contribution < -0.4 is 0 Å². The van der Waals surface area contributed by atoms with Gasteiger partial charge in [-0.25, -0.2) is 0 Å². The Hall–Kier alpha value is -0.790. The van der Waals surface area contributed by atoms with Crippen molar-refractivity contribution in [2.45, 2.75) is 6.92 Å². The quantitative estimate of drug-likeness (QED) is 0.689. The van der Waals surface area contributed by atoms with Crippen molar-refractivity contribution >= 4 is 35.1 Å². The Kier molecular flexibility index (Phi) is 3.52. The lowest BCUT2D eigenvalue weighted by Crippen LogP contribution is -1.81. The van der Waals surface area contributed by atoms with E-state index in [9.17, 15) is 4.79 Å². The molecule has 3 heteroatoms. The first kappa shape index (κ1) is 10.3. The van der Waals surface area contributed by atoms with Crippen molar-refractivity contribution in [1.29, 1.82) is 0 Å². The highest BCUT2D eigenvalue weighted by atomic mass is 35.5. The largest absolute Gasteiger partial charge is 0.295 e. The lowest BCUT2D eigenvalue weighted by molar-refractivity contribution is -0.112. The molecule has 0 saturated heterocycles. The molecule has 0 bridgehead atoms. The minimum atomic E-state index is -0.0176. The van der Waals surface area contributed by atoms with Crippen LogP contribution in [-0.2, 0) is 4.79 Å². The zero-order valence-electron chi connectivity index (χ0n) is 7.05. The van der Waals surface area contributed by atoms with Gasteiger partial charge in [0.05, 0.1) is 10.0 Å². The van der Waals surface area contributed by atoms with Crippen LogP contribution in [0.25, 0.3) is 6.08 Å². The zero-order chi connectivity index (χ0) is 9.84. The maximum Gasteiger partial charge on any atom is 0.152 e. The molecule has 0 heterocycles. The predicted octanol–water partition coefficient (Wildman–Crippen LogP) is 3.60. The van der Waals surface area contributed by atoms with E-state index in [0.29, 0.717) is 10.0 Å². The Labute approximate surface area is 87.0 Å². The van der Waals surface area contributed by atoms with Crippen LogP contribution in [0, 0.1) is 0 Å². The third-order valence-electron chi connectivity index (χ3n) is 1.48. The summed E-state index contributed by atoms with van der Waals surface area (Å²) in [7, 11) is 0. The van der Waals surface area contributed by atoms with E-state index in [-0.39, 0.29) is 5.78 Å². The highest BCUT2D eigenvalue weighted by molar-refractivity contribution is 6.42. The number of carbonyl (C=O) groups excluding carboxylic acids is 1. The summed E-state index contributed by atoms with van der Waals surface area (Å²) in [6, 6.07) is 5.29. The fourth-order valence-electron chi connectivity index (χ4n) is 0.856. The molecule has 0 N–H and O–H groups in total. The number of benzene rings is 1. The van der Waals surface area contributed by atoms with Crippen LogP contribution in [0.15, 0.2) is 24.3 Å². The summed E-state index contributed by atoms with van der Waals surface area (Å²) in [6.45, 7) is 1.48. The van der Waals surface area contributed by atoms with Gasteiger partial charge in [-0.2, -0.15) is 0 Å². The molecule has 0 spiro atoms. The normalized spacial score (nSPS) is 10.7. The molecule has 1 aromatic rings. The van der Waals surface area contributed by atoms with Gasteiger partial charge in [-0.15, -0.1) is 0 Å². The zero-order valence-corrected chi connectivity index (χ0v) is 8.56. The summed E-state index contributed by atoms with van der Waals surface area (Å²) in [6.07, 6.45) is 3.11. The average molecular weight is 215 g/mol. The molecule has 13 heavy (non-hydrogen) atoms. The fourth-order valence-corrected chi connectivity index (χ4v) is 1.23. The van der Waals surface area contributed by atoms with Crippen molar-refractivity contribution in [1.82, 2.24) is 0 Å². The molecule has 0 fully saturated rings. The molecule has 0 saturated carbocycles. The van der Waals surface area contributed by atoms with Gasteiger partial charge in [-0.1, -0.05) is 35.3 Å². The molecular weight excluding hydrogens is 207 g/mol. The van der Waals surface area contributed by atoms with Gasteiger partial charge in [-0.3, -0.25) is 4.79 Å². The third kappa shape index (κ3) is 2.87. The maximum absolute atomic E-state index is 10.7. The van der Waals surface area contributed by atoms with E-state index in [1.165, 1.54) is 13.0 Å². The van der Waals surface area contributed by atoms with Crippen LogP contribution in [0.2, 0.25) is 10.0 Å². The second kappa shape index (κ2) is 4.45. The van der Waals surface area contributed by atoms with E-state index in [0.717, 1.165) is 5.56 Å². The van der Waals surface area contributed by atoms with Gasteiger partial charge in [0.25, 0.3) is 0 Å². The van der Waals surface area contributed by atoms with Crippen LogP contribution in [0.3, 0.4) is 0 Å². The standard InChI is InChI=1S/C10H8Cl2O/c1-7(13)5-6-8-3-2-4-9(11)10(8)12/h2-6H,1H3. The molecule has 1 rings (SSSR count). The Morgan fingerprint density at radius 3 is 2.69 bits per heavy atom. The van der Waals surface area contributed by atoms with E-state index in [2.05, 4.69) is 0 Å². The van der Waals surface area contributed by atoms with E-state index in [4.69, 9.17) is 23.2 Å². The molecule has 1 aromatic carbocycles. The molecule has 0 aliphatic carbocycles. The predicted molar refractivity (Wildman–Crippen MR) is 56.2 cm³/mol. The molecule has 68 valence electrons. The van der Waals surface area contributed by atoms with Gasteiger partial charge in [-0.05, 0) is 30.7 Å². The highest BCUT2D eigenvalue weighted by Gasteiger charge is 2.00. The van der Waals surface area contributed by atoms with Gasteiger partial charge in [0, 0.05) is 0 Å². The van der Waals surface area contributed by atoms with E-state index in [1.54, 1.807) is 24.3 Å². The summed E-state index contributed by atoms with van der Waals surface area (Å²) in [5.74, 6) is -0.0176. The van der Waals surface area contributed by atoms with Crippen LogP contribution in [0.1, 0.15) is 12.5 Å². The van der Waals surface area contributed by atoms with Crippen LogP contribution >= 0.6 is 23.2 Å². The molecule has 0 aliphatic rings. The third-order valence-corrected chi connectivity index (χ3v) is 2.31. The van der Waals surface area contributed by atoms with Crippen molar-refractivity contribution < 1.29 is 4.79 Å². The van der Waals surface area contributed by atoms with Gasteiger partial charge < -0.3 is 0 Å². The number of rotatable bonds is 2. The van der Waals surface area contributed by atoms with Crippen LogP contribution in [-0.4, -0.2) is 5.78 Å². The average Bonchev–Trinajstić information content (AvgIpc) is 2.07. The van der Waals surface area contributed by atoms with Gasteiger partial charge >= 0.3 is 0 Å². The molecule has 0 atom stereocenters. The molecule has 1 nitrogen and oxygen atoms in total. The van der Waals surface area contributed by atoms with E-state index < -0.39 is 0 Å². The van der Waals surface area contributed by atoms with E-state index in [1.807, 2.05) is 0 Å². The Balaban J connectivity index is 3.02. The molecule has 0 radical (unpaired) electrons. The molecular formula is C10H8Cl2O. The van der Waals surface area contributed by atoms with Gasteiger partial charge in [0.15, 0.2) is 5.78 Å². The molecule has 0 unspecified atom stereocenters. The number of carbonyl (C=O) groups is 1. The Morgan fingerprint density at radius 1 is 1.38 bits per heavy atom. The summed E-state index contributed by atoms with van der Waals surface area (Å²) in [4.78, 5) is 10.7. The van der Waals surface area contributed by atoms with Crippen molar-refractivity contribution in [3.63, 3.8) is 0 Å². The van der Waals surface area contributed by atoms with Crippen molar-refractivity contribution in [3.05, 3.63) is 39.9 Å². The fraction of sp³-hybridized carbons (Fsp3) is 0.100. The van der Waals surface area contributed by atoms with Crippen LogP contribution in [0.5, 0.6) is 0 Å². The first-order valence-electron chi connectivity index (χ1n) is 3.74. The second-order valence-corrected chi connectivity index (χ2v) is 3.37. The first-order valence-corrected chi connectivity index (χ1v) is 4.49. The monoisotopic (exact) mass is 214 g/mol. The summed E-state index contributed by atoms with van der Waals surface area (Å²) >= 11 is 11.7. The number of ketones is 1. The Morgan fingerprint density at radius 2 is 2.08 bits per heavy atom. The first-order chi connectivity index (χ1) is 6.11. The maximum atomic E-state index is 10.7. The topological polar surface area (TPSA) is 17.1 Å². The SMILES string of the molecule is CC(=O)C=Cc1cccc(Cl)c1Cl. The minimum absolute atomic E-state index is 0.0176. The van der Waals surface area contributed by atoms with E-state index >= 15 is 0 Å². The lowest BCUT2D eigenvalue weighted by atomic mass is 10.2. The van der Waals surface area contributed by atoms with Gasteiger partial charge in [0.2, 0.25) is 0 Å². The summed E-state index contributed by atoms with van der Waals surface area (Å²) < 4.78 is 0. The number of halogens is 2. The minimum Gasteiger partial charge on any atom is -0.295 e. The molecule has 0 amide bonds. The van der Waals surface area contributed by atoms with Crippen molar-refractivity contribution in [2.75, 3.05) is 0 Å². The Bertz CT molecular complexity index is 356. The molecule has 0 aromatic heterocycles. The number of allylic oxidation sites excluding steroid dienone is 1. The lowest BCUT2D eigenvalue weighted by Gasteiger charge is -1.98. The smallest absolute Gasteiger partial charge is 0.152 e. The number of hydrogen-bond acceptors (Lipinski definition) is 1. The van der Waals surface area contributed by atoms with Crippen molar-refractivity contribution in [2.24, 2.45) is 0 Å². The highest BCUT2D eigenvalue weighted by Crippen LogP contribution is 2.26. The second-order valence-electron chi connectivity index (χ2n) is 2.59.